The Morgan fingerprint density at radius 3 is 2.74 bits per heavy atom. The largest absolute Gasteiger partial charge is 0.503 e. The molecular formula is C16H16BrN3O3. The number of halogens is 1. The van der Waals surface area contributed by atoms with Gasteiger partial charge in [0.1, 0.15) is 0 Å². The van der Waals surface area contributed by atoms with Crippen LogP contribution in [0.15, 0.2) is 46.0 Å². The number of nitrogens with one attached hydrogen (secondary N) is 1. The number of phenolic OH excluding ortho intramolecular Hbond substituents is 1. The standard InChI is InChI=1S/C16H16BrN3O3/c1-2-23-14-8-10(7-13(17)15(14)21)9-19-20-16(22)11-3-5-12(18)6-4-11/h3-9,21H,2,18H2,1H3,(H,20,22)/b19-9+. The van der Waals surface area contributed by atoms with Crippen molar-refractivity contribution in [3.05, 3.63) is 52.0 Å². The molecule has 1 amide bonds. The Morgan fingerprint density at radius 1 is 1.39 bits per heavy atom. The van der Waals surface area contributed by atoms with Crippen molar-refractivity contribution in [1.29, 1.82) is 0 Å². The predicted octanol–water partition coefficient (Wildman–Crippen LogP) is 2.90. The summed E-state index contributed by atoms with van der Waals surface area (Å²) in [6.07, 6.45) is 1.46. The monoisotopic (exact) mass is 377 g/mol. The number of ether oxygens (including phenoxy) is 1. The molecule has 0 saturated carbocycles. The number of carbonyl (C=O) groups excluding carboxylic acids is 1. The van der Waals surface area contributed by atoms with E-state index in [0.29, 0.717) is 33.6 Å². The van der Waals surface area contributed by atoms with E-state index >= 15 is 0 Å². The summed E-state index contributed by atoms with van der Waals surface area (Å²) in [6.45, 7) is 2.25. The first-order valence-electron chi connectivity index (χ1n) is 6.85. The predicted molar refractivity (Wildman–Crippen MR) is 92.9 cm³/mol. The van der Waals surface area contributed by atoms with Crippen LogP contribution in [-0.4, -0.2) is 23.8 Å². The lowest BCUT2D eigenvalue weighted by Gasteiger charge is -2.08. The van der Waals surface area contributed by atoms with Crippen LogP contribution in [-0.2, 0) is 0 Å². The number of nitrogens with zero attached hydrogens (tertiary/aromatic N) is 1. The molecule has 2 aromatic carbocycles. The molecular weight excluding hydrogens is 362 g/mol. The number of amides is 1. The fourth-order valence-corrected chi connectivity index (χ4v) is 2.26. The first-order valence-corrected chi connectivity index (χ1v) is 7.64. The van der Waals surface area contributed by atoms with E-state index in [1.165, 1.54) is 6.21 Å². The molecule has 6 nitrogen and oxygen atoms in total. The Balaban J connectivity index is 2.08. The van der Waals surface area contributed by atoms with Gasteiger partial charge < -0.3 is 15.6 Å². The molecule has 0 radical (unpaired) electrons. The van der Waals surface area contributed by atoms with Gasteiger partial charge >= 0.3 is 0 Å². The van der Waals surface area contributed by atoms with E-state index in [1.54, 1.807) is 36.4 Å². The summed E-state index contributed by atoms with van der Waals surface area (Å²) in [5, 5.41) is 13.7. The summed E-state index contributed by atoms with van der Waals surface area (Å²) in [5.41, 5.74) is 9.70. The SMILES string of the molecule is CCOc1cc(/C=N/NC(=O)c2ccc(N)cc2)cc(Br)c1O. The number of phenols is 1. The van der Waals surface area contributed by atoms with E-state index in [-0.39, 0.29) is 11.7 Å². The van der Waals surface area contributed by atoms with E-state index in [4.69, 9.17) is 10.5 Å². The minimum absolute atomic E-state index is 0.0231. The Kier molecular flexibility index (Phi) is 5.59. The summed E-state index contributed by atoms with van der Waals surface area (Å²) >= 11 is 3.24. The quantitative estimate of drug-likeness (QED) is 0.423. The van der Waals surface area contributed by atoms with E-state index in [9.17, 15) is 9.90 Å². The number of hydrogen-bond donors (Lipinski definition) is 3. The van der Waals surface area contributed by atoms with Crippen molar-refractivity contribution in [3.8, 4) is 11.5 Å². The number of aromatic hydroxyl groups is 1. The molecule has 0 saturated heterocycles. The third-order valence-corrected chi connectivity index (χ3v) is 3.51. The molecule has 0 aliphatic heterocycles. The van der Waals surface area contributed by atoms with Crippen LogP contribution in [0.2, 0.25) is 0 Å². The maximum Gasteiger partial charge on any atom is 0.271 e. The lowest BCUT2D eigenvalue weighted by Crippen LogP contribution is -2.17. The van der Waals surface area contributed by atoms with Crippen molar-refractivity contribution in [3.63, 3.8) is 0 Å². The molecule has 0 aromatic heterocycles. The molecule has 120 valence electrons. The van der Waals surface area contributed by atoms with Crippen LogP contribution in [0.25, 0.3) is 0 Å². The van der Waals surface area contributed by atoms with Gasteiger partial charge in [0.15, 0.2) is 11.5 Å². The van der Waals surface area contributed by atoms with Crippen LogP contribution >= 0.6 is 15.9 Å². The minimum Gasteiger partial charge on any atom is -0.503 e. The van der Waals surface area contributed by atoms with E-state index in [2.05, 4.69) is 26.5 Å². The molecule has 0 aliphatic carbocycles. The van der Waals surface area contributed by atoms with Crippen molar-refractivity contribution in [2.45, 2.75) is 6.92 Å². The number of benzene rings is 2. The second-order valence-electron chi connectivity index (χ2n) is 4.60. The van der Waals surface area contributed by atoms with Gasteiger partial charge in [-0.2, -0.15) is 5.10 Å². The third kappa shape index (κ3) is 4.46. The van der Waals surface area contributed by atoms with Crippen LogP contribution in [0.5, 0.6) is 11.5 Å². The lowest BCUT2D eigenvalue weighted by molar-refractivity contribution is 0.0955. The van der Waals surface area contributed by atoms with Crippen molar-refractivity contribution in [2.24, 2.45) is 5.10 Å². The topological polar surface area (TPSA) is 96.9 Å². The first kappa shape index (κ1) is 16.8. The maximum absolute atomic E-state index is 11.9. The van der Waals surface area contributed by atoms with Crippen molar-refractivity contribution < 1.29 is 14.6 Å². The van der Waals surface area contributed by atoms with Crippen molar-refractivity contribution in [1.82, 2.24) is 5.43 Å². The van der Waals surface area contributed by atoms with Gasteiger partial charge in [0.2, 0.25) is 0 Å². The molecule has 0 spiro atoms. The van der Waals surface area contributed by atoms with Crippen LogP contribution in [0, 0.1) is 0 Å². The Labute approximate surface area is 142 Å². The fourth-order valence-electron chi connectivity index (χ4n) is 1.80. The van der Waals surface area contributed by atoms with Gasteiger partial charge in [0.05, 0.1) is 17.3 Å². The number of hydrogen-bond acceptors (Lipinski definition) is 5. The smallest absolute Gasteiger partial charge is 0.271 e. The highest BCUT2D eigenvalue weighted by Gasteiger charge is 2.08. The summed E-state index contributed by atoms with van der Waals surface area (Å²) in [7, 11) is 0. The van der Waals surface area contributed by atoms with Crippen molar-refractivity contribution in [2.75, 3.05) is 12.3 Å². The highest BCUT2D eigenvalue weighted by Crippen LogP contribution is 2.34. The zero-order valence-corrected chi connectivity index (χ0v) is 14.0. The van der Waals surface area contributed by atoms with E-state index < -0.39 is 0 Å². The summed E-state index contributed by atoms with van der Waals surface area (Å²) in [4.78, 5) is 11.9. The molecule has 0 aliphatic rings. The Morgan fingerprint density at radius 2 is 2.09 bits per heavy atom. The normalized spacial score (nSPS) is 10.7. The minimum atomic E-state index is -0.343. The summed E-state index contributed by atoms with van der Waals surface area (Å²) in [5.74, 6) is 0.0206. The lowest BCUT2D eigenvalue weighted by atomic mass is 10.2. The molecule has 23 heavy (non-hydrogen) atoms. The molecule has 2 rings (SSSR count). The van der Waals surface area contributed by atoms with E-state index in [1.807, 2.05) is 6.92 Å². The third-order valence-electron chi connectivity index (χ3n) is 2.90. The number of nitrogens with two attached hydrogens (primary N) is 1. The average molecular weight is 378 g/mol. The van der Waals surface area contributed by atoms with Crippen LogP contribution in [0.4, 0.5) is 5.69 Å². The number of rotatable bonds is 5. The summed E-state index contributed by atoms with van der Waals surface area (Å²) in [6, 6.07) is 9.81. The number of hydrazone groups is 1. The Hall–Kier alpha value is -2.54. The second-order valence-corrected chi connectivity index (χ2v) is 5.46. The molecule has 0 heterocycles. The average Bonchev–Trinajstić information content (AvgIpc) is 2.53. The zero-order valence-electron chi connectivity index (χ0n) is 12.4. The Bertz CT molecular complexity index is 730. The van der Waals surface area contributed by atoms with Gasteiger partial charge in [0, 0.05) is 11.3 Å². The van der Waals surface area contributed by atoms with Crippen molar-refractivity contribution >= 4 is 33.7 Å². The molecule has 7 heteroatoms. The molecule has 0 fully saturated rings. The summed E-state index contributed by atoms with van der Waals surface area (Å²) < 4.78 is 5.81. The van der Waals surface area contributed by atoms with Crippen LogP contribution < -0.4 is 15.9 Å². The fraction of sp³-hybridized carbons (Fsp3) is 0.125. The molecule has 0 atom stereocenters. The number of nitrogen functional groups attached to an aromatic ring is 1. The molecule has 4 N–H and O–H groups in total. The first-order chi connectivity index (χ1) is 11.0. The van der Waals surface area contributed by atoms with Gasteiger partial charge in [-0.3, -0.25) is 4.79 Å². The highest BCUT2D eigenvalue weighted by molar-refractivity contribution is 9.10. The van der Waals surface area contributed by atoms with Gasteiger partial charge in [-0.05, 0) is 64.8 Å². The van der Waals surface area contributed by atoms with Gasteiger partial charge in [-0.1, -0.05) is 0 Å². The highest BCUT2D eigenvalue weighted by atomic mass is 79.9. The second kappa shape index (κ2) is 7.64. The van der Waals surface area contributed by atoms with Crippen LogP contribution in [0.3, 0.4) is 0 Å². The van der Waals surface area contributed by atoms with Gasteiger partial charge in [-0.15, -0.1) is 0 Å². The van der Waals surface area contributed by atoms with Gasteiger partial charge in [-0.25, -0.2) is 5.43 Å². The number of carbonyl (C=O) groups is 1. The molecule has 2 aromatic rings. The number of anilines is 1. The van der Waals surface area contributed by atoms with E-state index in [0.717, 1.165) is 0 Å². The molecule has 0 bridgehead atoms. The van der Waals surface area contributed by atoms with Gasteiger partial charge in [0.25, 0.3) is 5.91 Å². The maximum atomic E-state index is 11.9. The zero-order chi connectivity index (χ0) is 16.8. The van der Waals surface area contributed by atoms with Crippen LogP contribution in [0.1, 0.15) is 22.8 Å². The molecule has 0 unspecified atom stereocenters.